The number of imidazole rings is 1. The number of carbonyl (C=O) groups excluding carboxylic acids is 2. The second-order valence-corrected chi connectivity index (χ2v) is 7.64. The second-order valence-electron chi connectivity index (χ2n) is 7.23. The average Bonchev–Trinajstić information content (AvgIpc) is 3.19. The van der Waals surface area contributed by atoms with Crippen molar-refractivity contribution in [1.29, 1.82) is 0 Å². The number of halogens is 1. The second kappa shape index (κ2) is 9.73. The minimum Gasteiger partial charge on any atom is -0.350 e. The van der Waals surface area contributed by atoms with Crippen molar-refractivity contribution < 1.29 is 9.59 Å². The van der Waals surface area contributed by atoms with Crippen molar-refractivity contribution in [3.8, 4) is 5.69 Å². The highest BCUT2D eigenvalue weighted by atomic mass is 35.5. The van der Waals surface area contributed by atoms with Crippen LogP contribution in [0.4, 0.5) is 0 Å². The van der Waals surface area contributed by atoms with E-state index in [4.69, 9.17) is 17.3 Å². The van der Waals surface area contributed by atoms with E-state index in [1.807, 2.05) is 60.9 Å². The zero-order valence-electron chi connectivity index (χ0n) is 17.1. The Morgan fingerprint density at radius 1 is 1.23 bits per heavy atom. The Morgan fingerprint density at radius 3 is 2.70 bits per heavy atom. The number of nitrogens with two attached hydrogens (primary N) is 1. The van der Waals surface area contributed by atoms with E-state index in [2.05, 4.69) is 15.6 Å². The van der Waals surface area contributed by atoms with Crippen LogP contribution in [0, 0.1) is 5.92 Å². The summed E-state index contributed by atoms with van der Waals surface area (Å²) in [6, 6.07) is 12.9. The van der Waals surface area contributed by atoms with Gasteiger partial charge in [-0.1, -0.05) is 50.1 Å². The minimum atomic E-state index is -0.638. The van der Waals surface area contributed by atoms with E-state index < -0.39 is 6.04 Å². The van der Waals surface area contributed by atoms with Crippen molar-refractivity contribution in [2.75, 3.05) is 6.54 Å². The van der Waals surface area contributed by atoms with E-state index in [1.165, 1.54) is 0 Å². The minimum absolute atomic E-state index is 0.0205. The van der Waals surface area contributed by atoms with Crippen molar-refractivity contribution in [2.45, 2.75) is 32.9 Å². The summed E-state index contributed by atoms with van der Waals surface area (Å²) in [7, 11) is 0. The Hall–Kier alpha value is -2.90. The highest BCUT2D eigenvalue weighted by Crippen LogP contribution is 2.23. The van der Waals surface area contributed by atoms with Gasteiger partial charge in [0.05, 0.1) is 17.6 Å². The molecule has 2 amide bonds. The van der Waals surface area contributed by atoms with Gasteiger partial charge in [-0.2, -0.15) is 0 Å². The number of carbonyl (C=O) groups is 2. The number of para-hydroxylation sites is 2. The average molecular weight is 428 g/mol. The van der Waals surface area contributed by atoms with Crippen LogP contribution in [0.25, 0.3) is 16.7 Å². The number of nitrogens with zero attached hydrogens (tertiary/aromatic N) is 2. The van der Waals surface area contributed by atoms with Gasteiger partial charge >= 0.3 is 0 Å². The fourth-order valence-electron chi connectivity index (χ4n) is 3.22. The maximum atomic E-state index is 12.7. The van der Waals surface area contributed by atoms with E-state index in [0.29, 0.717) is 5.02 Å². The first-order valence-electron chi connectivity index (χ1n) is 9.92. The van der Waals surface area contributed by atoms with Gasteiger partial charge in [0.25, 0.3) is 0 Å². The van der Waals surface area contributed by atoms with Gasteiger partial charge in [0.1, 0.15) is 12.4 Å². The van der Waals surface area contributed by atoms with Gasteiger partial charge in [0, 0.05) is 17.3 Å². The number of amides is 2. The quantitative estimate of drug-likeness (QED) is 0.514. The molecule has 3 aromatic rings. The van der Waals surface area contributed by atoms with Crippen LogP contribution in [0.5, 0.6) is 0 Å². The van der Waals surface area contributed by atoms with Gasteiger partial charge < -0.3 is 16.4 Å². The number of nitrogens with one attached hydrogen (secondary N) is 2. The van der Waals surface area contributed by atoms with Crippen LogP contribution < -0.4 is 16.4 Å². The van der Waals surface area contributed by atoms with Crippen LogP contribution in [0.1, 0.15) is 25.8 Å². The summed E-state index contributed by atoms with van der Waals surface area (Å²) in [6.45, 7) is 3.98. The van der Waals surface area contributed by atoms with E-state index >= 15 is 0 Å². The van der Waals surface area contributed by atoms with Crippen LogP contribution in [-0.4, -0.2) is 34.0 Å². The fourth-order valence-corrected chi connectivity index (χ4v) is 3.46. The third-order valence-corrected chi connectivity index (χ3v) is 5.57. The first-order chi connectivity index (χ1) is 14.4. The Labute approximate surface area is 180 Å². The number of rotatable bonds is 8. The largest absolute Gasteiger partial charge is 0.350 e. The normalized spacial score (nSPS) is 13.1. The van der Waals surface area contributed by atoms with Gasteiger partial charge in [0.2, 0.25) is 11.8 Å². The molecule has 0 aliphatic heterocycles. The Kier molecular flexibility index (Phi) is 7.07. The van der Waals surface area contributed by atoms with Crippen molar-refractivity contribution in [3.63, 3.8) is 0 Å². The Balaban J connectivity index is 1.72. The molecule has 1 heterocycles. The topological polar surface area (TPSA) is 102 Å². The predicted octanol–water partition coefficient (Wildman–Crippen LogP) is 2.78. The van der Waals surface area contributed by atoms with Crippen LogP contribution in [0.15, 0.2) is 48.8 Å². The molecule has 0 saturated heterocycles. The van der Waals surface area contributed by atoms with Crippen LogP contribution in [0.2, 0.25) is 5.02 Å². The molecule has 8 heteroatoms. The maximum Gasteiger partial charge on any atom is 0.243 e. The summed E-state index contributed by atoms with van der Waals surface area (Å²) in [5.74, 6) is -0.634. The molecule has 2 atom stereocenters. The summed E-state index contributed by atoms with van der Waals surface area (Å²) in [4.78, 5) is 28.7. The smallest absolute Gasteiger partial charge is 0.243 e. The zero-order chi connectivity index (χ0) is 21.7. The number of aromatic nitrogens is 2. The van der Waals surface area contributed by atoms with Crippen molar-refractivity contribution in [2.24, 2.45) is 11.7 Å². The zero-order valence-corrected chi connectivity index (χ0v) is 17.8. The van der Waals surface area contributed by atoms with E-state index in [0.717, 1.165) is 28.7 Å². The van der Waals surface area contributed by atoms with Crippen LogP contribution in [0.3, 0.4) is 0 Å². The molecule has 0 bridgehead atoms. The summed E-state index contributed by atoms with van der Waals surface area (Å²) in [5.41, 5.74) is 8.93. The van der Waals surface area contributed by atoms with Gasteiger partial charge in [0.15, 0.2) is 0 Å². The summed E-state index contributed by atoms with van der Waals surface area (Å²) in [5, 5.41) is 6.10. The summed E-state index contributed by atoms with van der Waals surface area (Å²) < 4.78 is 1.96. The SMILES string of the molecule is CC[C@H](C)[C@H](NC(=O)CN)C(=O)NCc1ccc(-n2cnc3ccccc32)cc1Cl. The van der Waals surface area contributed by atoms with Crippen molar-refractivity contribution >= 4 is 34.4 Å². The molecule has 0 aliphatic rings. The summed E-state index contributed by atoms with van der Waals surface area (Å²) in [6.07, 6.45) is 2.51. The number of hydrogen-bond donors (Lipinski definition) is 3. The van der Waals surface area contributed by atoms with Gasteiger partial charge in [-0.3, -0.25) is 14.2 Å². The molecule has 0 aliphatic carbocycles. The highest BCUT2D eigenvalue weighted by molar-refractivity contribution is 6.31. The highest BCUT2D eigenvalue weighted by Gasteiger charge is 2.25. The summed E-state index contributed by atoms with van der Waals surface area (Å²) >= 11 is 6.49. The molecular weight excluding hydrogens is 402 g/mol. The fraction of sp³-hybridized carbons (Fsp3) is 0.318. The Bertz CT molecular complexity index is 1050. The lowest BCUT2D eigenvalue weighted by molar-refractivity contribution is -0.129. The first kappa shape index (κ1) is 21.8. The molecule has 0 saturated carbocycles. The monoisotopic (exact) mass is 427 g/mol. The van der Waals surface area contributed by atoms with Gasteiger partial charge in [-0.05, 0) is 35.7 Å². The van der Waals surface area contributed by atoms with Crippen LogP contribution in [-0.2, 0) is 16.1 Å². The number of benzene rings is 2. The molecule has 0 unspecified atom stereocenters. The molecule has 30 heavy (non-hydrogen) atoms. The van der Waals surface area contributed by atoms with E-state index in [-0.39, 0.29) is 30.8 Å². The molecule has 0 fully saturated rings. The molecule has 0 radical (unpaired) electrons. The van der Waals surface area contributed by atoms with E-state index in [9.17, 15) is 9.59 Å². The third kappa shape index (κ3) is 4.80. The van der Waals surface area contributed by atoms with E-state index in [1.54, 1.807) is 6.33 Å². The molecule has 7 nitrogen and oxygen atoms in total. The standard InChI is InChI=1S/C22H26ClN5O2/c1-3-14(2)21(27-20(29)11-24)22(30)25-12-15-8-9-16(10-17(15)23)28-13-26-18-6-4-5-7-19(18)28/h4-10,13-14,21H,3,11-12,24H2,1-2H3,(H,25,30)(H,27,29)/t14-,21-/m0/s1. The molecule has 3 rings (SSSR count). The Morgan fingerprint density at radius 2 is 2.00 bits per heavy atom. The lowest BCUT2D eigenvalue weighted by Gasteiger charge is -2.23. The molecule has 0 spiro atoms. The van der Waals surface area contributed by atoms with Gasteiger partial charge in [-0.25, -0.2) is 4.98 Å². The lowest BCUT2D eigenvalue weighted by atomic mass is 9.98. The van der Waals surface area contributed by atoms with Gasteiger partial charge in [-0.15, -0.1) is 0 Å². The van der Waals surface area contributed by atoms with Crippen molar-refractivity contribution in [1.82, 2.24) is 20.2 Å². The van der Waals surface area contributed by atoms with Crippen LogP contribution >= 0.6 is 11.6 Å². The number of fused-ring (bicyclic) bond motifs is 1. The maximum absolute atomic E-state index is 12.7. The van der Waals surface area contributed by atoms with Crippen molar-refractivity contribution in [3.05, 3.63) is 59.4 Å². The molecule has 158 valence electrons. The number of hydrogen-bond acceptors (Lipinski definition) is 4. The molecular formula is C22H26ClN5O2. The predicted molar refractivity (Wildman–Crippen MR) is 118 cm³/mol. The first-order valence-corrected chi connectivity index (χ1v) is 10.3. The third-order valence-electron chi connectivity index (χ3n) is 5.22. The molecule has 4 N–H and O–H groups in total. The lowest BCUT2D eigenvalue weighted by Crippen LogP contribution is -2.51. The molecule has 1 aromatic heterocycles. The molecule has 2 aromatic carbocycles.